The second kappa shape index (κ2) is 4.84. The summed E-state index contributed by atoms with van der Waals surface area (Å²) in [6, 6.07) is 1.35. The highest BCUT2D eigenvalue weighted by atomic mass is 16.3. The van der Waals surface area contributed by atoms with Gasteiger partial charge >= 0.3 is 0 Å². The zero-order chi connectivity index (χ0) is 10.8. The quantitative estimate of drug-likeness (QED) is 0.747. The van der Waals surface area contributed by atoms with Crippen LogP contribution >= 0.6 is 0 Å². The van der Waals surface area contributed by atoms with Crippen molar-refractivity contribution in [2.24, 2.45) is 17.8 Å². The first-order chi connectivity index (χ1) is 7.20. The average molecular weight is 211 g/mol. The second-order valence-electron chi connectivity index (χ2n) is 5.82. The van der Waals surface area contributed by atoms with Gasteiger partial charge in [0.2, 0.25) is 0 Å². The van der Waals surface area contributed by atoms with E-state index in [9.17, 15) is 5.11 Å². The maximum atomic E-state index is 9.24. The van der Waals surface area contributed by atoms with Gasteiger partial charge in [0.25, 0.3) is 0 Å². The fraction of sp³-hybridized carbons (Fsp3) is 1.00. The molecular formula is C13H25NO. The van der Waals surface area contributed by atoms with Crippen molar-refractivity contribution in [3.05, 3.63) is 0 Å². The molecule has 15 heavy (non-hydrogen) atoms. The van der Waals surface area contributed by atoms with E-state index in [0.717, 1.165) is 17.9 Å². The fourth-order valence-electron chi connectivity index (χ4n) is 3.12. The van der Waals surface area contributed by atoms with Gasteiger partial charge in [-0.1, -0.05) is 20.3 Å². The lowest BCUT2D eigenvalue weighted by Gasteiger charge is -2.41. The summed E-state index contributed by atoms with van der Waals surface area (Å²) in [7, 11) is 0. The van der Waals surface area contributed by atoms with E-state index in [2.05, 4.69) is 19.2 Å². The van der Waals surface area contributed by atoms with E-state index in [1.165, 1.54) is 32.1 Å². The molecule has 2 saturated carbocycles. The van der Waals surface area contributed by atoms with Crippen molar-refractivity contribution in [1.82, 2.24) is 5.32 Å². The van der Waals surface area contributed by atoms with Gasteiger partial charge in [0.15, 0.2) is 0 Å². The molecule has 0 amide bonds. The minimum Gasteiger partial charge on any atom is -0.396 e. The zero-order valence-electron chi connectivity index (χ0n) is 10.1. The number of hydrogen-bond acceptors (Lipinski definition) is 2. The molecule has 0 saturated heterocycles. The van der Waals surface area contributed by atoms with Gasteiger partial charge in [0.05, 0.1) is 0 Å². The maximum absolute atomic E-state index is 9.24. The standard InChI is InChI=1S/C13H25NO/c1-9(2)11-6-12(7-11)14-13-5-3-4-10(13)8-15/h9-15H,3-8H2,1-2H3. The van der Waals surface area contributed by atoms with Crippen molar-refractivity contribution in [3.8, 4) is 0 Å². The number of aliphatic hydroxyl groups excluding tert-OH is 1. The maximum Gasteiger partial charge on any atom is 0.0474 e. The number of nitrogens with one attached hydrogen (secondary N) is 1. The molecule has 2 N–H and O–H groups in total. The molecule has 0 aliphatic heterocycles. The Bertz CT molecular complexity index is 199. The summed E-state index contributed by atoms with van der Waals surface area (Å²) in [4.78, 5) is 0. The molecule has 2 nitrogen and oxygen atoms in total. The third-order valence-corrected chi connectivity index (χ3v) is 4.46. The molecule has 2 fully saturated rings. The van der Waals surface area contributed by atoms with Crippen LogP contribution in [0.15, 0.2) is 0 Å². The van der Waals surface area contributed by atoms with Gasteiger partial charge in [0.1, 0.15) is 0 Å². The molecule has 88 valence electrons. The lowest BCUT2D eigenvalue weighted by Crippen LogP contribution is -2.49. The van der Waals surface area contributed by atoms with Gasteiger partial charge < -0.3 is 10.4 Å². The Hall–Kier alpha value is -0.0800. The van der Waals surface area contributed by atoms with E-state index in [1.807, 2.05) is 0 Å². The highest BCUT2D eigenvalue weighted by Gasteiger charge is 2.35. The summed E-state index contributed by atoms with van der Waals surface area (Å²) in [6.07, 6.45) is 6.49. The van der Waals surface area contributed by atoms with Crippen LogP contribution in [0.2, 0.25) is 0 Å². The Labute approximate surface area is 93.5 Å². The summed E-state index contributed by atoms with van der Waals surface area (Å²) < 4.78 is 0. The zero-order valence-corrected chi connectivity index (χ0v) is 10.1. The first-order valence-electron chi connectivity index (χ1n) is 6.57. The van der Waals surface area contributed by atoms with E-state index < -0.39 is 0 Å². The molecule has 2 heteroatoms. The van der Waals surface area contributed by atoms with Crippen LogP contribution in [0.5, 0.6) is 0 Å². The molecule has 0 spiro atoms. The van der Waals surface area contributed by atoms with E-state index >= 15 is 0 Å². The minimum atomic E-state index is 0.373. The Balaban J connectivity index is 1.70. The molecule has 0 aromatic heterocycles. The average Bonchev–Trinajstić information content (AvgIpc) is 2.56. The first-order valence-corrected chi connectivity index (χ1v) is 6.57. The molecular weight excluding hydrogens is 186 g/mol. The van der Waals surface area contributed by atoms with Crippen LogP contribution < -0.4 is 5.32 Å². The fourth-order valence-corrected chi connectivity index (χ4v) is 3.12. The highest BCUT2D eigenvalue weighted by Crippen LogP contribution is 2.35. The molecule has 0 bridgehead atoms. The van der Waals surface area contributed by atoms with Gasteiger partial charge in [-0.25, -0.2) is 0 Å². The van der Waals surface area contributed by atoms with Gasteiger partial charge in [-0.15, -0.1) is 0 Å². The van der Waals surface area contributed by atoms with Crippen LogP contribution in [0.3, 0.4) is 0 Å². The van der Waals surface area contributed by atoms with Crippen molar-refractivity contribution >= 4 is 0 Å². The summed E-state index contributed by atoms with van der Waals surface area (Å²) >= 11 is 0. The van der Waals surface area contributed by atoms with Crippen LogP contribution in [0.1, 0.15) is 46.0 Å². The van der Waals surface area contributed by atoms with E-state index in [1.54, 1.807) is 0 Å². The monoisotopic (exact) mass is 211 g/mol. The highest BCUT2D eigenvalue weighted by molar-refractivity contribution is 4.92. The van der Waals surface area contributed by atoms with Crippen LogP contribution in [0.4, 0.5) is 0 Å². The Morgan fingerprint density at radius 3 is 2.60 bits per heavy atom. The number of aliphatic hydroxyl groups is 1. The van der Waals surface area contributed by atoms with Crippen molar-refractivity contribution in [2.45, 2.75) is 58.0 Å². The summed E-state index contributed by atoms with van der Waals surface area (Å²) in [5.74, 6) is 2.32. The summed E-state index contributed by atoms with van der Waals surface area (Å²) in [6.45, 7) is 5.03. The first kappa shape index (κ1) is 11.4. The Kier molecular flexibility index (Phi) is 3.68. The Morgan fingerprint density at radius 2 is 2.00 bits per heavy atom. The predicted molar refractivity (Wildman–Crippen MR) is 62.7 cm³/mol. The minimum absolute atomic E-state index is 0.373. The van der Waals surface area contributed by atoms with Gasteiger partial charge in [-0.05, 0) is 43.4 Å². The normalized spacial score (nSPS) is 40.8. The molecule has 2 rings (SSSR count). The van der Waals surface area contributed by atoms with Crippen LogP contribution in [0, 0.1) is 17.8 Å². The van der Waals surface area contributed by atoms with E-state index in [0.29, 0.717) is 18.6 Å². The van der Waals surface area contributed by atoms with Crippen molar-refractivity contribution in [2.75, 3.05) is 6.61 Å². The van der Waals surface area contributed by atoms with Gasteiger partial charge in [-0.3, -0.25) is 0 Å². The molecule has 0 heterocycles. The number of hydrogen-bond donors (Lipinski definition) is 2. The van der Waals surface area contributed by atoms with Crippen molar-refractivity contribution in [1.29, 1.82) is 0 Å². The Morgan fingerprint density at radius 1 is 1.27 bits per heavy atom. The summed E-state index contributed by atoms with van der Waals surface area (Å²) in [5.41, 5.74) is 0. The van der Waals surface area contributed by atoms with E-state index in [-0.39, 0.29) is 0 Å². The van der Waals surface area contributed by atoms with Crippen molar-refractivity contribution < 1.29 is 5.11 Å². The molecule has 0 aromatic rings. The van der Waals surface area contributed by atoms with E-state index in [4.69, 9.17) is 0 Å². The van der Waals surface area contributed by atoms with Crippen LogP contribution in [-0.4, -0.2) is 23.8 Å². The number of rotatable bonds is 4. The smallest absolute Gasteiger partial charge is 0.0474 e. The van der Waals surface area contributed by atoms with Gasteiger partial charge in [0, 0.05) is 18.7 Å². The van der Waals surface area contributed by atoms with Crippen LogP contribution in [0.25, 0.3) is 0 Å². The SMILES string of the molecule is CC(C)C1CC(NC2CCCC2CO)C1. The molecule has 2 unspecified atom stereocenters. The lowest BCUT2D eigenvalue weighted by molar-refractivity contribution is 0.134. The third kappa shape index (κ3) is 2.54. The molecule has 2 aliphatic rings. The summed E-state index contributed by atoms with van der Waals surface area (Å²) in [5, 5.41) is 13.0. The molecule has 2 atom stereocenters. The third-order valence-electron chi connectivity index (χ3n) is 4.46. The van der Waals surface area contributed by atoms with Crippen molar-refractivity contribution in [3.63, 3.8) is 0 Å². The molecule has 0 radical (unpaired) electrons. The topological polar surface area (TPSA) is 32.3 Å². The molecule has 0 aromatic carbocycles. The van der Waals surface area contributed by atoms with Crippen LogP contribution in [-0.2, 0) is 0 Å². The lowest BCUT2D eigenvalue weighted by atomic mass is 9.73. The largest absolute Gasteiger partial charge is 0.396 e. The molecule has 2 aliphatic carbocycles. The predicted octanol–water partition coefficient (Wildman–Crippen LogP) is 2.17. The van der Waals surface area contributed by atoms with Gasteiger partial charge in [-0.2, -0.15) is 0 Å². The second-order valence-corrected chi connectivity index (χ2v) is 5.82.